The van der Waals surface area contributed by atoms with Gasteiger partial charge in [0.25, 0.3) is 0 Å². The summed E-state index contributed by atoms with van der Waals surface area (Å²) in [4.78, 5) is 0. The van der Waals surface area contributed by atoms with E-state index < -0.39 is 0 Å². The Balaban J connectivity index is 2.08. The van der Waals surface area contributed by atoms with E-state index >= 15 is 0 Å². The van der Waals surface area contributed by atoms with Crippen LogP contribution in [0, 0.1) is 5.41 Å². The van der Waals surface area contributed by atoms with Gasteiger partial charge in [0, 0.05) is 17.9 Å². The number of hydrogen-bond acceptors (Lipinski definition) is 2. The average molecular weight is 261 g/mol. The second kappa shape index (κ2) is 4.10. The first-order valence-electron chi connectivity index (χ1n) is 5.21. The average Bonchev–Trinajstić information content (AvgIpc) is 2.23. The molecule has 1 aromatic carbocycles. The third-order valence-corrected chi connectivity index (χ3v) is 4.03. The van der Waals surface area contributed by atoms with E-state index in [1.54, 1.807) is 18.2 Å². The normalized spacial score (nSPS) is 27.3. The summed E-state index contributed by atoms with van der Waals surface area (Å²) in [5.74, 6) is 0.694. The molecule has 88 valence electrons. The van der Waals surface area contributed by atoms with E-state index in [1.807, 2.05) is 13.8 Å². The summed E-state index contributed by atoms with van der Waals surface area (Å²) in [7, 11) is 0. The molecule has 2 atom stereocenters. The van der Waals surface area contributed by atoms with E-state index in [0.717, 1.165) is 0 Å². The van der Waals surface area contributed by atoms with Gasteiger partial charge in [-0.3, -0.25) is 0 Å². The van der Waals surface area contributed by atoms with Crippen LogP contribution in [0.5, 0.6) is 5.75 Å². The van der Waals surface area contributed by atoms with Crippen molar-refractivity contribution in [2.45, 2.75) is 32.5 Å². The van der Waals surface area contributed by atoms with Gasteiger partial charge >= 0.3 is 0 Å². The maximum atomic E-state index is 9.60. The van der Waals surface area contributed by atoms with Gasteiger partial charge in [-0.25, -0.2) is 0 Å². The number of hydrogen-bond donors (Lipinski definition) is 1. The highest BCUT2D eigenvalue weighted by atomic mass is 35.5. The lowest BCUT2D eigenvalue weighted by Gasteiger charge is -2.48. The molecular weight excluding hydrogens is 247 g/mol. The van der Waals surface area contributed by atoms with Crippen molar-refractivity contribution in [1.82, 2.24) is 0 Å². The van der Waals surface area contributed by atoms with Crippen molar-refractivity contribution in [3.8, 4) is 5.75 Å². The Bertz CT molecular complexity index is 404. The van der Waals surface area contributed by atoms with Crippen molar-refractivity contribution in [2.24, 2.45) is 5.41 Å². The zero-order valence-corrected chi connectivity index (χ0v) is 10.7. The maximum absolute atomic E-state index is 9.60. The van der Waals surface area contributed by atoms with Gasteiger partial charge < -0.3 is 9.84 Å². The number of halogens is 2. The second-order valence-corrected chi connectivity index (χ2v) is 5.57. The van der Waals surface area contributed by atoms with Gasteiger partial charge in [0.15, 0.2) is 0 Å². The Labute approximate surface area is 105 Å². The maximum Gasteiger partial charge on any atom is 0.121 e. The lowest BCUT2D eigenvalue weighted by molar-refractivity contribution is -0.134. The van der Waals surface area contributed by atoms with Gasteiger partial charge in [-0.15, -0.1) is 0 Å². The first-order chi connectivity index (χ1) is 7.41. The van der Waals surface area contributed by atoms with Crippen LogP contribution in [-0.4, -0.2) is 17.3 Å². The number of ether oxygens (including phenoxy) is 1. The van der Waals surface area contributed by atoms with Crippen LogP contribution in [0.25, 0.3) is 0 Å². The van der Waals surface area contributed by atoms with Crippen molar-refractivity contribution in [3.05, 3.63) is 28.2 Å². The molecule has 1 aliphatic carbocycles. The Hall–Kier alpha value is -0.440. The fraction of sp³-hybridized carbons (Fsp3) is 0.500. The number of aliphatic hydroxyl groups excluding tert-OH is 1. The molecule has 0 amide bonds. The molecule has 1 aliphatic rings. The third-order valence-electron chi connectivity index (χ3n) is 3.30. The summed E-state index contributed by atoms with van der Waals surface area (Å²) in [6.07, 6.45) is 0.396. The first-order valence-corrected chi connectivity index (χ1v) is 5.96. The number of aliphatic hydroxyl groups is 1. The molecule has 1 saturated carbocycles. The summed E-state index contributed by atoms with van der Waals surface area (Å²) < 4.78 is 5.77. The lowest BCUT2D eigenvalue weighted by Crippen LogP contribution is -2.56. The van der Waals surface area contributed by atoms with Gasteiger partial charge in [-0.05, 0) is 12.1 Å². The van der Waals surface area contributed by atoms with E-state index in [0.29, 0.717) is 22.2 Å². The van der Waals surface area contributed by atoms with Crippen LogP contribution >= 0.6 is 23.2 Å². The highest BCUT2D eigenvalue weighted by Crippen LogP contribution is 2.43. The van der Waals surface area contributed by atoms with Crippen molar-refractivity contribution in [2.75, 3.05) is 0 Å². The molecule has 0 saturated heterocycles. The van der Waals surface area contributed by atoms with Gasteiger partial charge in [-0.1, -0.05) is 37.0 Å². The SMILES string of the molecule is CC1(C)C(O)CC1Oc1ccc(Cl)c(Cl)c1. The summed E-state index contributed by atoms with van der Waals surface area (Å²) in [6, 6.07) is 5.20. The highest BCUT2D eigenvalue weighted by molar-refractivity contribution is 6.42. The number of benzene rings is 1. The van der Waals surface area contributed by atoms with Crippen molar-refractivity contribution < 1.29 is 9.84 Å². The van der Waals surface area contributed by atoms with E-state index in [2.05, 4.69) is 0 Å². The molecule has 1 fully saturated rings. The number of rotatable bonds is 2. The van der Waals surface area contributed by atoms with Crippen molar-refractivity contribution in [1.29, 1.82) is 0 Å². The predicted molar refractivity (Wildman–Crippen MR) is 65.3 cm³/mol. The second-order valence-electron chi connectivity index (χ2n) is 4.76. The predicted octanol–water partition coefficient (Wildman–Crippen LogP) is 3.53. The third kappa shape index (κ3) is 2.02. The Morgan fingerprint density at radius 3 is 2.50 bits per heavy atom. The quantitative estimate of drug-likeness (QED) is 0.882. The Morgan fingerprint density at radius 1 is 1.31 bits per heavy atom. The monoisotopic (exact) mass is 260 g/mol. The molecule has 0 radical (unpaired) electrons. The summed E-state index contributed by atoms with van der Waals surface area (Å²) in [5.41, 5.74) is -0.202. The molecule has 0 aromatic heterocycles. The molecule has 0 heterocycles. The highest BCUT2D eigenvalue weighted by Gasteiger charge is 2.49. The first kappa shape index (κ1) is 12.0. The molecular formula is C12H14Cl2O2. The molecule has 1 N–H and O–H groups in total. The topological polar surface area (TPSA) is 29.5 Å². The van der Waals surface area contributed by atoms with Gasteiger partial charge in [-0.2, -0.15) is 0 Å². The fourth-order valence-electron chi connectivity index (χ4n) is 1.78. The minimum absolute atomic E-state index is 0.0275. The Morgan fingerprint density at radius 2 is 2.00 bits per heavy atom. The van der Waals surface area contributed by atoms with Crippen LogP contribution in [-0.2, 0) is 0 Å². The van der Waals surface area contributed by atoms with Gasteiger partial charge in [0.2, 0.25) is 0 Å². The molecule has 1 aromatic rings. The molecule has 2 unspecified atom stereocenters. The van der Waals surface area contributed by atoms with Crippen molar-refractivity contribution in [3.63, 3.8) is 0 Å². The molecule has 2 nitrogen and oxygen atoms in total. The smallest absolute Gasteiger partial charge is 0.121 e. The van der Waals surface area contributed by atoms with E-state index in [9.17, 15) is 5.11 Å². The van der Waals surface area contributed by atoms with E-state index in [1.165, 1.54) is 0 Å². The molecule has 0 spiro atoms. The zero-order valence-electron chi connectivity index (χ0n) is 9.21. The molecule has 0 bridgehead atoms. The zero-order chi connectivity index (χ0) is 11.9. The molecule has 0 aliphatic heterocycles. The molecule has 2 rings (SSSR count). The summed E-state index contributed by atoms with van der Waals surface area (Å²) >= 11 is 11.7. The van der Waals surface area contributed by atoms with Gasteiger partial charge in [0.1, 0.15) is 11.9 Å². The fourth-order valence-corrected chi connectivity index (χ4v) is 2.07. The van der Waals surface area contributed by atoms with Crippen LogP contribution in [0.15, 0.2) is 18.2 Å². The van der Waals surface area contributed by atoms with Crippen LogP contribution in [0.2, 0.25) is 10.0 Å². The largest absolute Gasteiger partial charge is 0.490 e. The van der Waals surface area contributed by atoms with Crippen LogP contribution < -0.4 is 4.74 Å². The Kier molecular flexibility index (Phi) is 3.08. The molecule has 4 heteroatoms. The van der Waals surface area contributed by atoms with Gasteiger partial charge in [0.05, 0.1) is 16.1 Å². The van der Waals surface area contributed by atoms with Crippen LogP contribution in [0.1, 0.15) is 20.3 Å². The lowest BCUT2D eigenvalue weighted by atomic mass is 9.66. The van der Waals surface area contributed by atoms with Crippen LogP contribution in [0.3, 0.4) is 0 Å². The summed E-state index contributed by atoms with van der Waals surface area (Å²) in [5, 5.41) is 10.6. The standard InChI is InChI=1S/C12H14Cl2O2/c1-12(2)10(15)6-11(12)16-7-3-4-8(13)9(14)5-7/h3-5,10-11,15H,6H2,1-2H3. The minimum atomic E-state index is -0.291. The van der Waals surface area contributed by atoms with Crippen molar-refractivity contribution >= 4 is 23.2 Å². The van der Waals surface area contributed by atoms with E-state index in [-0.39, 0.29) is 17.6 Å². The minimum Gasteiger partial charge on any atom is -0.490 e. The summed E-state index contributed by atoms with van der Waals surface area (Å²) in [6.45, 7) is 3.98. The molecule has 16 heavy (non-hydrogen) atoms. The van der Waals surface area contributed by atoms with E-state index in [4.69, 9.17) is 27.9 Å². The van der Waals surface area contributed by atoms with Crippen LogP contribution in [0.4, 0.5) is 0 Å².